The van der Waals surface area contributed by atoms with Gasteiger partial charge < -0.3 is 9.47 Å². The van der Waals surface area contributed by atoms with Crippen molar-refractivity contribution in [2.24, 2.45) is 0 Å². The van der Waals surface area contributed by atoms with E-state index < -0.39 is 0 Å². The van der Waals surface area contributed by atoms with Crippen molar-refractivity contribution >= 4 is 5.97 Å². The van der Waals surface area contributed by atoms with E-state index >= 15 is 0 Å². The summed E-state index contributed by atoms with van der Waals surface area (Å²) in [7, 11) is 0. The van der Waals surface area contributed by atoms with Crippen LogP contribution in [0.15, 0.2) is 36.5 Å². The maximum atomic E-state index is 11.0. The van der Waals surface area contributed by atoms with Crippen LogP contribution in [0, 0.1) is 0 Å². The van der Waals surface area contributed by atoms with E-state index in [9.17, 15) is 4.79 Å². The van der Waals surface area contributed by atoms with Crippen LogP contribution in [0.1, 0.15) is 26.7 Å². The maximum absolute atomic E-state index is 11.0. The fourth-order valence-corrected chi connectivity index (χ4v) is 0.959. The van der Waals surface area contributed by atoms with E-state index in [2.05, 4.69) is 19.6 Å². The highest BCUT2D eigenvalue weighted by Gasteiger charge is 2.01. The number of carbonyl (C=O) groups excluding carboxylic acids is 1. The molecule has 0 amide bonds. The lowest BCUT2D eigenvalue weighted by atomic mass is 10.3. The molecule has 17 heavy (non-hydrogen) atoms. The fraction of sp³-hybridized carbons (Fsp3) is 0.500. The lowest BCUT2D eigenvalue weighted by Gasteiger charge is -2.04. The first-order valence-corrected chi connectivity index (χ1v) is 5.90. The van der Waals surface area contributed by atoms with Crippen molar-refractivity contribution in [2.45, 2.75) is 26.7 Å². The molecule has 3 heteroatoms. The molecule has 0 N–H and O–H groups in total. The van der Waals surface area contributed by atoms with Gasteiger partial charge in [-0.05, 0) is 19.8 Å². The third kappa shape index (κ3) is 10.9. The molecular weight excluding hydrogens is 216 g/mol. The van der Waals surface area contributed by atoms with Gasteiger partial charge in [0.1, 0.15) is 6.61 Å². The Morgan fingerprint density at radius 2 is 1.88 bits per heavy atom. The van der Waals surface area contributed by atoms with Gasteiger partial charge in [-0.2, -0.15) is 0 Å². The number of ether oxygens (including phenoxy) is 2. The molecule has 3 nitrogen and oxygen atoms in total. The molecule has 0 bridgehead atoms. The summed E-state index contributed by atoms with van der Waals surface area (Å²) in [5, 5.41) is 0. The summed E-state index contributed by atoms with van der Waals surface area (Å²) >= 11 is 0. The van der Waals surface area contributed by atoms with Crippen LogP contribution in [0.4, 0.5) is 0 Å². The van der Waals surface area contributed by atoms with Crippen LogP contribution in [0.5, 0.6) is 0 Å². The number of allylic oxidation sites excluding steroid dienone is 3. The third-order valence-corrected chi connectivity index (χ3v) is 1.86. The zero-order valence-electron chi connectivity index (χ0n) is 10.8. The van der Waals surface area contributed by atoms with E-state index in [1.807, 2.05) is 18.2 Å². The molecular formula is C14H22O3. The molecule has 0 saturated heterocycles. The molecule has 0 spiro atoms. The normalized spacial score (nSPS) is 11.2. The second-order valence-electron chi connectivity index (χ2n) is 3.58. The predicted octanol–water partition coefficient (Wildman–Crippen LogP) is 3.03. The molecule has 0 aliphatic carbocycles. The second-order valence-corrected chi connectivity index (χ2v) is 3.58. The summed E-state index contributed by atoms with van der Waals surface area (Å²) in [6, 6.07) is 0. The minimum atomic E-state index is -0.363. The van der Waals surface area contributed by atoms with Gasteiger partial charge in [-0.25, -0.2) is 4.79 Å². The van der Waals surface area contributed by atoms with E-state index in [0.717, 1.165) is 12.8 Å². The van der Waals surface area contributed by atoms with Gasteiger partial charge in [0.25, 0.3) is 0 Å². The highest BCUT2D eigenvalue weighted by molar-refractivity contribution is 5.86. The van der Waals surface area contributed by atoms with Crippen LogP contribution >= 0.6 is 0 Å². The molecule has 0 radical (unpaired) electrons. The van der Waals surface area contributed by atoms with Gasteiger partial charge >= 0.3 is 5.97 Å². The van der Waals surface area contributed by atoms with Gasteiger partial charge in [0, 0.05) is 5.57 Å². The molecule has 0 aliphatic heterocycles. The van der Waals surface area contributed by atoms with Gasteiger partial charge in [0.05, 0.1) is 13.2 Å². The Morgan fingerprint density at radius 1 is 1.18 bits per heavy atom. The van der Waals surface area contributed by atoms with E-state index in [1.165, 1.54) is 0 Å². The highest BCUT2D eigenvalue weighted by atomic mass is 16.6. The summed E-state index contributed by atoms with van der Waals surface area (Å²) in [5.41, 5.74) is 0.413. The van der Waals surface area contributed by atoms with E-state index in [1.54, 1.807) is 6.92 Å². The topological polar surface area (TPSA) is 35.5 Å². The van der Waals surface area contributed by atoms with Crippen LogP contribution in [0.2, 0.25) is 0 Å². The first-order valence-electron chi connectivity index (χ1n) is 5.90. The molecule has 0 fully saturated rings. The van der Waals surface area contributed by atoms with Crippen molar-refractivity contribution in [1.82, 2.24) is 0 Å². The Labute approximate surface area is 104 Å². The van der Waals surface area contributed by atoms with Crippen molar-refractivity contribution in [2.75, 3.05) is 19.8 Å². The Balaban J connectivity index is 3.30. The van der Waals surface area contributed by atoms with Gasteiger partial charge in [0.2, 0.25) is 0 Å². The van der Waals surface area contributed by atoms with E-state index in [0.29, 0.717) is 18.8 Å². The number of esters is 1. The van der Waals surface area contributed by atoms with E-state index in [4.69, 9.17) is 9.47 Å². The number of carbonyl (C=O) groups is 1. The fourth-order valence-electron chi connectivity index (χ4n) is 0.959. The van der Waals surface area contributed by atoms with Crippen molar-refractivity contribution < 1.29 is 14.3 Å². The van der Waals surface area contributed by atoms with Gasteiger partial charge in [-0.3, -0.25) is 0 Å². The molecule has 0 aromatic rings. The molecule has 0 unspecified atom stereocenters. The van der Waals surface area contributed by atoms with Crippen molar-refractivity contribution in [1.29, 1.82) is 0 Å². The number of hydrogen-bond donors (Lipinski definition) is 0. The lowest BCUT2D eigenvalue weighted by Crippen LogP contribution is -2.11. The van der Waals surface area contributed by atoms with Crippen LogP contribution in [-0.2, 0) is 14.3 Å². The minimum Gasteiger partial charge on any atom is -0.460 e. The Kier molecular flexibility index (Phi) is 10.3. The minimum absolute atomic E-state index is 0.283. The van der Waals surface area contributed by atoms with Crippen molar-refractivity contribution in [3.05, 3.63) is 36.5 Å². The number of hydrogen-bond acceptors (Lipinski definition) is 3. The summed E-state index contributed by atoms with van der Waals surface area (Å²) in [6.45, 7) is 8.56. The van der Waals surface area contributed by atoms with Gasteiger partial charge in [0.15, 0.2) is 0 Å². The molecule has 0 rings (SSSR count). The number of rotatable bonds is 9. The van der Waals surface area contributed by atoms with Crippen LogP contribution in [0.25, 0.3) is 0 Å². The van der Waals surface area contributed by atoms with Crippen LogP contribution in [-0.4, -0.2) is 25.8 Å². The molecule has 0 atom stereocenters. The van der Waals surface area contributed by atoms with E-state index in [-0.39, 0.29) is 12.6 Å². The molecule has 0 heterocycles. The molecule has 0 aliphatic rings. The highest BCUT2D eigenvalue weighted by Crippen LogP contribution is 1.92. The summed E-state index contributed by atoms with van der Waals surface area (Å²) in [5.74, 6) is -0.363. The Bertz CT molecular complexity index is 277. The van der Waals surface area contributed by atoms with Gasteiger partial charge in [-0.1, -0.05) is 37.8 Å². The largest absolute Gasteiger partial charge is 0.460 e. The SMILES string of the molecule is C=C(C)C(=O)OCCOCCC=CC=CCC. The summed E-state index contributed by atoms with van der Waals surface area (Å²) in [4.78, 5) is 11.0. The zero-order chi connectivity index (χ0) is 12.9. The average Bonchev–Trinajstić information content (AvgIpc) is 2.31. The Morgan fingerprint density at radius 3 is 2.53 bits per heavy atom. The summed E-state index contributed by atoms with van der Waals surface area (Å²) in [6.07, 6.45) is 10.1. The van der Waals surface area contributed by atoms with Crippen LogP contribution in [0.3, 0.4) is 0 Å². The first-order chi connectivity index (χ1) is 8.18. The molecule has 0 saturated carbocycles. The zero-order valence-corrected chi connectivity index (χ0v) is 10.8. The average molecular weight is 238 g/mol. The van der Waals surface area contributed by atoms with Gasteiger partial charge in [-0.15, -0.1) is 0 Å². The predicted molar refractivity (Wildman–Crippen MR) is 69.8 cm³/mol. The Hall–Kier alpha value is -1.35. The quantitative estimate of drug-likeness (QED) is 0.268. The maximum Gasteiger partial charge on any atom is 0.333 e. The summed E-state index contributed by atoms with van der Waals surface area (Å²) < 4.78 is 10.2. The first kappa shape index (κ1) is 15.7. The molecule has 0 aromatic carbocycles. The smallest absolute Gasteiger partial charge is 0.333 e. The van der Waals surface area contributed by atoms with Crippen molar-refractivity contribution in [3.63, 3.8) is 0 Å². The standard InChI is InChI=1S/C14H22O3/c1-4-5-6-7-8-9-10-16-11-12-17-14(15)13(2)3/h5-8H,2,4,9-12H2,1,3H3. The molecule has 96 valence electrons. The monoisotopic (exact) mass is 238 g/mol. The second kappa shape index (κ2) is 11.1. The van der Waals surface area contributed by atoms with Crippen molar-refractivity contribution in [3.8, 4) is 0 Å². The molecule has 0 aromatic heterocycles. The lowest BCUT2D eigenvalue weighted by molar-refractivity contribution is -0.140. The van der Waals surface area contributed by atoms with Crippen LogP contribution < -0.4 is 0 Å². The third-order valence-electron chi connectivity index (χ3n) is 1.86.